The van der Waals surface area contributed by atoms with Crippen LogP contribution in [0.1, 0.15) is 5.56 Å². The van der Waals surface area contributed by atoms with E-state index in [2.05, 4.69) is 15.9 Å². The molecule has 2 aromatic carbocycles. The molecular weight excluding hydrogens is 316 g/mol. The van der Waals surface area contributed by atoms with Gasteiger partial charge in [0.05, 0.1) is 0 Å². The Hall–Kier alpha value is -1.19. The van der Waals surface area contributed by atoms with Crippen molar-refractivity contribution in [2.45, 2.75) is 5.33 Å². The number of halogens is 2. The largest absolute Gasteiger partial charge is 0.457 e. The van der Waals surface area contributed by atoms with Gasteiger partial charge in [0, 0.05) is 10.4 Å². The van der Waals surface area contributed by atoms with Crippen LogP contribution in [0.3, 0.4) is 0 Å². The molecule has 4 heteroatoms. The van der Waals surface area contributed by atoms with Crippen LogP contribution < -0.4 is 9.47 Å². The van der Waals surface area contributed by atoms with Crippen LogP contribution in [0.15, 0.2) is 48.5 Å². The molecule has 0 unspecified atom stereocenters. The van der Waals surface area contributed by atoms with Crippen LogP contribution in [-0.4, -0.2) is 6.79 Å². The second-order valence-electron chi connectivity index (χ2n) is 3.64. The monoisotopic (exact) mass is 326 g/mol. The van der Waals surface area contributed by atoms with Crippen LogP contribution in [0.5, 0.6) is 11.5 Å². The van der Waals surface area contributed by atoms with E-state index in [0.29, 0.717) is 10.8 Å². The summed E-state index contributed by atoms with van der Waals surface area (Å²) in [6, 6.07) is 15.1. The van der Waals surface area contributed by atoms with Crippen LogP contribution in [0.25, 0.3) is 0 Å². The molecule has 2 nitrogen and oxygen atoms in total. The average molecular weight is 328 g/mol. The van der Waals surface area contributed by atoms with Gasteiger partial charge in [-0.3, -0.25) is 0 Å². The van der Waals surface area contributed by atoms with Crippen LogP contribution in [-0.2, 0) is 5.33 Å². The van der Waals surface area contributed by atoms with Gasteiger partial charge in [-0.05, 0) is 35.9 Å². The predicted molar refractivity (Wildman–Crippen MR) is 76.6 cm³/mol. The lowest BCUT2D eigenvalue weighted by Gasteiger charge is -2.09. The van der Waals surface area contributed by atoms with Gasteiger partial charge in [-0.25, -0.2) is 0 Å². The highest BCUT2D eigenvalue weighted by Crippen LogP contribution is 2.18. The van der Waals surface area contributed by atoms with Crippen molar-refractivity contribution in [2.24, 2.45) is 0 Å². The Morgan fingerprint density at radius 1 is 0.944 bits per heavy atom. The molecule has 0 aliphatic rings. The molecule has 0 amide bonds. The number of rotatable bonds is 5. The SMILES string of the molecule is Clc1cccc(OCOc2cccc(CBr)c2)c1. The fourth-order valence-corrected chi connectivity index (χ4v) is 1.97. The fourth-order valence-electron chi connectivity index (χ4n) is 1.44. The summed E-state index contributed by atoms with van der Waals surface area (Å²) in [4.78, 5) is 0. The quantitative estimate of drug-likeness (QED) is 0.588. The number of hydrogen-bond donors (Lipinski definition) is 0. The zero-order valence-corrected chi connectivity index (χ0v) is 11.9. The van der Waals surface area contributed by atoms with E-state index in [1.165, 1.54) is 0 Å². The van der Waals surface area contributed by atoms with Crippen LogP contribution in [0.4, 0.5) is 0 Å². The summed E-state index contributed by atoms with van der Waals surface area (Å²) in [7, 11) is 0. The highest BCUT2D eigenvalue weighted by molar-refractivity contribution is 9.08. The van der Waals surface area contributed by atoms with Gasteiger partial charge >= 0.3 is 0 Å². The first-order chi connectivity index (χ1) is 8.78. The summed E-state index contributed by atoms with van der Waals surface area (Å²) in [6.45, 7) is 0.159. The lowest BCUT2D eigenvalue weighted by molar-refractivity contribution is 0.120. The van der Waals surface area contributed by atoms with Gasteiger partial charge in [0.25, 0.3) is 0 Å². The first-order valence-corrected chi connectivity index (χ1v) is 6.94. The van der Waals surface area contributed by atoms with Crippen molar-refractivity contribution in [3.8, 4) is 11.5 Å². The molecule has 0 heterocycles. The highest BCUT2D eigenvalue weighted by atomic mass is 79.9. The van der Waals surface area contributed by atoms with Gasteiger partial charge in [-0.2, -0.15) is 0 Å². The minimum absolute atomic E-state index is 0.159. The molecule has 0 saturated carbocycles. The van der Waals surface area contributed by atoms with Crippen LogP contribution in [0, 0.1) is 0 Å². The van der Waals surface area contributed by atoms with Crippen molar-refractivity contribution in [3.05, 3.63) is 59.1 Å². The summed E-state index contributed by atoms with van der Waals surface area (Å²) < 4.78 is 11.0. The second kappa shape index (κ2) is 6.66. The van der Waals surface area contributed by atoms with E-state index in [9.17, 15) is 0 Å². The Balaban J connectivity index is 1.88. The Kier molecular flexibility index (Phi) is 4.90. The normalized spacial score (nSPS) is 10.1. The molecule has 0 radical (unpaired) electrons. The lowest BCUT2D eigenvalue weighted by Crippen LogP contribution is -2.05. The Labute approximate surface area is 120 Å². The lowest BCUT2D eigenvalue weighted by atomic mass is 10.2. The molecule has 2 aromatic rings. The number of alkyl halides is 1. The maximum Gasteiger partial charge on any atom is 0.230 e. The van der Waals surface area contributed by atoms with E-state index in [1.807, 2.05) is 36.4 Å². The Morgan fingerprint density at radius 2 is 1.61 bits per heavy atom. The summed E-state index contributed by atoms with van der Waals surface area (Å²) in [5.74, 6) is 1.48. The van der Waals surface area contributed by atoms with Gasteiger partial charge < -0.3 is 9.47 Å². The molecule has 94 valence electrons. The Bertz CT molecular complexity index is 517. The summed E-state index contributed by atoms with van der Waals surface area (Å²) in [5, 5.41) is 1.45. The zero-order chi connectivity index (χ0) is 12.8. The molecule has 18 heavy (non-hydrogen) atoms. The summed E-state index contributed by atoms with van der Waals surface area (Å²) in [6.07, 6.45) is 0. The van der Waals surface area contributed by atoms with Crippen molar-refractivity contribution >= 4 is 27.5 Å². The predicted octanol–water partition coefficient (Wildman–Crippen LogP) is 4.65. The second-order valence-corrected chi connectivity index (χ2v) is 4.64. The summed E-state index contributed by atoms with van der Waals surface area (Å²) in [5.41, 5.74) is 1.16. The van der Waals surface area contributed by atoms with Crippen molar-refractivity contribution in [2.75, 3.05) is 6.79 Å². The minimum atomic E-state index is 0.159. The number of benzene rings is 2. The van der Waals surface area contributed by atoms with Gasteiger partial charge in [0.1, 0.15) is 11.5 Å². The van der Waals surface area contributed by atoms with Gasteiger partial charge in [0.15, 0.2) is 0 Å². The standard InChI is InChI=1S/C14H12BrClO2/c15-9-11-3-1-5-13(7-11)17-10-18-14-6-2-4-12(16)8-14/h1-8H,9-10H2. The molecule has 0 fully saturated rings. The maximum atomic E-state index is 5.85. The first kappa shape index (κ1) is 13.2. The number of hydrogen-bond acceptors (Lipinski definition) is 2. The molecule has 0 saturated heterocycles. The Morgan fingerprint density at radius 3 is 2.28 bits per heavy atom. The molecule has 0 spiro atoms. The third-order valence-electron chi connectivity index (χ3n) is 2.30. The van der Waals surface area contributed by atoms with Gasteiger partial charge in [-0.1, -0.05) is 45.7 Å². The molecule has 0 bridgehead atoms. The topological polar surface area (TPSA) is 18.5 Å². The van der Waals surface area contributed by atoms with Gasteiger partial charge in [0.2, 0.25) is 6.79 Å². The van der Waals surface area contributed by atoms with Gasteiger partial charge in [-0.15, -0.1) is 0 Å². The summed E-state index contributed by atoms with van der Waals surface area (Å²) >= 11 is 9.26. The van der Waals surface area contributed by atoms with E-state index in [0.717, 1.165) is 16.6 Å². The third kappa shape index (κ3) is 3.93. The minimum Gasteiger partial charge on any atom is -0.457 e. The van der Waals surface area contributed by atoms with Crippen molar-refractivity contribution in [1.29, 1.82) is 0 Å². The van der Waals surface area contributed by atoms with Crippen molar-refractivity contribution < 1.29 is 9.47 Å². The molecule has 0 atom stereocenters. The van der Waals surface area contributed by atoms with Crippen molar-refractivity contribution in [1.82, 2.24) is 0 Å². The highest BCUT2D eigenvalue weighted by Gasteiger charge is 1.98. The average Bonchev–Trinajstić information content (AvgIpc) is 2.39. The third-order valence-corrected chi connectivity index (χ3v) is 3.18. The van der Waals surface area contributed by atoms with E-state index in [4.69, 9.17) is 21.1 Å². The molecule has 2 rings (SSSR count). The molecule has 0 aromatic heterocycles. The van der Waals surface area contributed by atoms with Crippen molar-refractivity contribution in [3.63, 3.8) is 0 Å². The zero-order valence-electron chi connectivity index (χ0n) is 9.61. The molecule has 0 aliphatic heterocycles. The fraction of sp³-hybridized carbons (Fsp3) is 0.143. The van der Waals surface area contributed by atoms with Crippen LogP contribution in [0.2, 0.25) is 5.02 Å². The maximum absolute atomic E-state index is 5.85. The molecule has 0 N–H and O–H groups in total. The van der Waals surface area contributed by atoms with E-state index < -0.39 is 0 Å². The number of ether oxygens (including phenoxy) is 2. The van der Waals surface area contributed by atoms with E-state index in [1.54, 1.807) is 12.1 Å². The molecule has 0 aliphatic carbocycles. The van der Waals surface area contributed by atoms with E-state index in [-0.39, 0.29) is 6.79 Å². The van der Waals surface area contributed by atoms with E-state index >= 15 is 0 Å². The smallest absolute Gasteiger partial charge is 0.230 e. The van der Waals surface area contributed by atoms with Crippen LogP contribution >= 0.6 is 27.5 Å². The first-order valence-electron chi connectivity index (χ1n) is 5.44. The molecular formula is C14H12BrClO2.